The van der Waals surface area contributed by atoms with Gasteiger partial charge in [0, 0.05) is 6.26 Å². The second kappa shape index (κ2) is 4.99. The maximum atomic E-state index is 5.26. The van der Waals surface area contributed by atoms with E-state index in [0.717, 1.165) is 12.5 Å². The van der Waals surface area contributed by atoms with Crippen LogP contribution in [0.4, 0.5) is 0 Å². The number of hydrogen-bond donors (Lipinski definition) is 1. The normalized spacial score (nSPS) is 21.3. The Balaban J connectivity index is 2.02. The highest BCUT2D eigenvalue weighted by molar-refractivity contribution is 7.93. The van der Waals surface area contributed by atoms with E-state index in [-0.39, 0.29) is 0 Å². The Bertz CT molecular complexity index is 83.7. The molecule has 3 heteroatoms. The van der Waals surface area contributed by atoms with Crippen molar-refractivity contribution in [3.8, 4) is 0 Å². The highest BCUT2D eigenvalue weighted by Crippen LogP contribution is 2.13. The molecule has 0 saturated carbocycles. The molecule has 0 amide bonds. The number of rotatable bonds is 3. The largest absolute Gasteiger partial charge is 0.317 e. The average Bonchev–Trinajstić information content (AvgIpc) is 2.03. The summed E-state index contributed by atoms with van der Waals surface area (Å²) < 4.78 is 5.26. The summed E-state index contributed by atoms with van der Waals surface area (Å²) in [5.74, 6) is 0.800. The number of nitrogens with one attached hydrogen (secondary N) is 1. The molecule has 0 aliphatic carbocycles. The van der Waals surface area contributed by atoms with Gasteiger partial charge in [0.1, 0.15) is 0 Å². The third-order valence-electron chi connectivity index (χ3n) is 1.88. The molecule has 1 heterocycles. The molecule has 1 saturated heterocycles. The molecule has 1 rings (SSSR count). The van der Waals surface area contributed by atoms with Crippen LogP contribution in [-0.4, -0.2) is 26.0 Å². The molecule has 60 valence electrons. The van der Waals surface area contributed by atoms with Crippen molar-refractivity contribution >= 4 is 12.0 Å². The molecule has 0 atom stereocenters. The van der Waals surface area contributed by atoms with E-state index in [1.165, 1.54) is 38.0 Å². The number of piperidine rings is 1. The molecule has 10 heavy (non-hydrogen) atoms. The Morgan fingerprint density at radius 3 is 2.80 bits per heavy atom. The van der Waals surface area contributed by atoms with Crippen LogP contribution >= 0.6 is 12.0 Å². The molecular formula is C7H15NOS. The molecule has 0 aromatic heterocycles. The molecule has 1 N–H and O–H groups in total. The first-order valence-corrected chi connectivity index (χ1v) is 4.95. The van der Waals surface area contributed by atoms with Crippen molar-refractivity contribution in [2.45, 2.75) is 12.8 Å². The van der Waals surface area contributed by atoms with Gasteiger partial charge in [-0.2, -0.15) is 0 Å². The first-order chi connectivity index (χ1) is 4.93. The van der Waals surface area contributed by atoms with Crippen LogP contribution in [0.3, 0.4) is 0 Å². The van der Waals surface area contributed by atoms with E-state index in [1.807, 2.05) is 6.26 Å². The van der Waals surface area contributed by atoms with Gasteiger partial charge in [0.05, 0.1) is 6.61 Å². The van der Waals surface area contributed by atoms with Crippen molar-refractivity contribution in [2.24, 2.45) is 5.92 Å². The van der Waals surface area contributed by atoms with Gasteiger partial charge in [0.15, 0.2) is 0 Å². The topological polar surface area (TPSA) is 21.3 Å². The third kappa shape index (κ3) is 2.90. The van der Waals surface area contributed by atoms with Gasteiger partial charge in [-0.05, 0) is 43.9 Å². The van der Waals surface area contributed by atoms with E-state index in [1.54, 1.807) is 0 Å². The Labute approximate surface area is 66.9 Å². The molecule has 0 aromatic carbocycles. The summed E-state index contributed by atoms with van der Waals surface area (Å²) in [5, 5.41) is 3.33. The molecule has 0 unspecified atom stereocenters. The van der Waals surface area contributed by atoms with Crippen LogP contribution in [0.5, 0.6) is 0 Å². The van der Waals surface area contributed by atoms with Gasteiger partial charge < -0.3 is 9.50 Å². The maximum absolute atomic E-state index is 5.26. The zero-order valence-electron chi connectivity index (χ0n) is 6.43. The Kier molecular flexibility index (Phi) is 4.18. The van der Waals surface area contributed by atoms with E-state index >= 15 is 0 Å². The monoisotopic (exact) mass is 161 g/mol. The Hall–Kier alpha value is 0.270. The third-order valence-corrected chi connectivity index (χ3v) is 2.25. The van der Waals surface area contributed by atoms with Crippen molar-refractivity contribution in [2.75, 3.05) is 26.0 Å². The van der Waals surface area contributed by atoms with Crippen LogP contribution in [-0.2, 0) is 4.18 Å². The minimum atomic E-state index is 0.800. The van der Waals surface area contributed by atoms with E-state index in [4.69, 9.17) is 4.18 Å². The van der Waals surface area contributed by atoms with Crippen LogP contribution < -0.4 is 5.32 Å². The van der Waals surface area contributed by atoms with Gasteiger partial charge in [-0.3, -0.25) is 0 Å². The summed E-state index contributed by atoms with van der Waals surface area (Å²) >= 11 is 1.47. The highest BCUT2D eigenvalue weighted by atomic mass is 32.2. The van der Waals surface area contributed by atoms with Gasteiger partial charge in [0.2, 0.25) is 0 Å². The van der Waals surface area contributed by atoms with Gasteiger partial charge in [-0.15, -0.1) is 0 Å². The fraction of sp³-hybridized carbons (Fsp3) is 1.00. The van der Waals surface area contributed by atoms with Crippen LogP contribution in [0.1, 0.15) is 12.8 Å². The maximum Gasteiger partial charge on any atom is 0.0642 e. The van der Waals surface area contributed by atoms with Crippen molar-refractivity contribution in [3.05, 3.63) is 0 Å². The first-order valence-electron chi connectivity index (χ1n) is 3.80. The molecule has 1 aliphatic rings. The van der Waals surface area contributed by atoms with E-state index in [0.29, 0.717) is 0 Å². The Morgan fingerprint density at radius 1 is 1.50 bits per heavy atom. The summed E-state index contributed by atoms with van der Waals surface area (Å²) in [7, 11) is 0. The smallest absolute Gasteiger partial charge is 0.0642 e. The average molecular weight is 161 g/mol. The van der Waals surface area contributed by atoms with Crippen molar-refractivity contribution < 1.29 is 4.18 Å². The van der Waals surface area contributed by atoms with Gasteiger partial charge in [-0.1, -0.05) is 0 Å². The quantitative estimate of drug-likeness (QED) is 0.630. The molecular weight excluding hydrogens is 146 g/mol. The summed E-state index contributed by atoms with van der Waals surface area (Å²) in [6.07, 6.45) is 4.53. The second-order valence-corrected chi connectivity index (χ2v) is 3.21. The fourth-order valence-corrected chi connectivity index (χ4v) is 1.54. The summed E-state index contributed by atoms with van der Waals surface area (Å²) in [6.45, 7) is 3.27. The lowest BCUT2D eigenvalue weighted by Crippen LogP contribution is -2.29. The van der Waals surface area contributed by atoms with Crippen molar-refractivity contribution in [1.29, 1.82) is 0 Å². The minimum absolute atomic E-state index is 0.800. The molecule has 0 aromatic rings. The van der Waals surface area contributed by atoms with Crippen molar-refractivity contribution in [1.82, 2.24) is 5.32 Å². The van der Waals surface area contributed by atoms with Gasteiger partial charge in [-0.25, -0.2) is 0 Å². The summed E-state index contributed by atoms with van der Waals surface area (Å²) in [6, 6.07) is 0. The number of hydrogen-bond acceptors (Lipinski definition) is 3. The lowest BCUT2D eigenvalue weighted by molar-refractivity contribution is 0.243. The van der Waals surface area contributed by atoms with E-state index < -0.39 is 0 Å². The highest BCUT2D eigenvalue weighted by Gasteiger charge is 2.12. The molecule has 0 bridgehead atoms. The lowest BCUT2D eigenvalue weighted by Gasteiger charge is -2.21. The molecule has 0 spiro atoms. The first kappa shape index (κ1) is 8.37. The molecule has 1 fully saturated rings. The molecule has 0 radical (unpaired) electrons. The summed E-state index contributed by atoms with van der Waals surface area (Å²) in [5.41, 5.74) is 0. The second-order valence-electron chi connectivity index (χ2n) is 2.64. The fourth-order valence-electron chi connectivity index (χ4n) is 1.21. The zero-order chi connectivity index (χ0) is 7.23. The minimum Gasteiger partial charge on any atom is -0.317 e. The van der Waals surface area contributed by atoms with Crippen LogP contribution in [0.2, 0.25) is 0 Å². The van der Waals surface area contributed by atoms with E-state index in [2.05, 4.69) is 5.32 Å². The zero-order valence-corrected chi connectivity index (χ0v) is 7.25. The predicted molar refractivity (Wildman–Crippen MR) is 45.1 cm³/mol. The van der Waals surface area contributed by atoms with Crippen LogP contribution in [0.15, 0.2) is 0 Å². The summed E-state index contributed by atoms with van der Waals surface area (Å²) in [4.78, 5) is 0. The SMILES string of the molecule is CSOCC1CCNCC1. The molecule has 1 aliphatic heterocycles. The van der Waals surface area contributed by atoms with Gasteiger partial charge >= 0.3 is 0 Å². The van der Waals surface area contributed by atoms with Gasteiger partial charge in [0.25, 0.3) is 0 Å². The molecule has 2 nitrogen and oxygen atoms in total. The standard InChI is InChI=1S/C7H15NOS/c1-10-9-6-7-2-4-8-5-3-7/h7-8H,2-6H2,1H3. The van der Waals surface area contributed by atoms with Crippen molar-refractivity contribution in [3.63, 3.8) is 0 Å². The Morgan fingerprint density at radius 2 is 2.20 bits per heavy atom. The van der Waals surface area contributed by atoms with E-state index in [9.17, 15) is 0 Å². The van der Waals surface area contributed by atoms with Crippen LogP contribution in [0, 0.1) is 5.92 Å². The lowest BCUT2D eigenvalue weighted by atomic mass is 10.00. The van der Waals surface area contributed by atoms with Crippen LogP contribution in [0.25, 0.3) is 0 Å². The predicted octanol–water partition coefficient (Wildman–Crippen LogP) is 1.28.